The molecule has 0 radical (unpaired) electrons. The van der Waals surface area contributed by atoms with E-state index >= 15 is 0 Å². The van der Waals surface area contributed by atoms with E-state index in [0.717, 1.165) is 182 Å². The second kappa shape index (κ2) is 86.1. The largest absolute Gasteiger partial charge is 0.423 e. The fourth-order valence-corrected chi connectivity index (χ4v) is 23.3. The Labute approximate surface area is 902 Å². The maximum Gasteiger partial charge on any atom is 0.311 e. The highest BCUT2D eigenvalue weighted by molar-refractivity contribution is 6.02. The molecule has 0 N–H and O–H groups in total. The Morgan fingerprint density at radius 3 is 0.367 bits per heavy atom. The first-order valence-corrected chi connectivity index (χ1v) is 64.4. The molecule has 147 heavy (non-hydrogen) atoms. The van der Waals surface area contributed by atoms with Gasteiger partial charge in [0, 0.05) is 38.5 Å². The number of hydrogen-bond acceptors (Lipinski definition) is 12. The summed E-state index contributed by atoms with van der Waals surface area (Å²) in [5.74, 6) is -0.780. The number of rotatable bonds is 102. The highest BCUT2D eigenvalue weighted by Gasteiger charge is 2.40. The van der Waals surface area contributed by atoms with Crippen LogP contribution >= 0.6 is 0 Å². The summed E-state index contributed by atoms with van der Waals surface area (Å²) in [4.78, 5) is 87.3. The van der Waals surface area contributed by atoms with Gasteiger partial charge in [-0.1, -0.05) is 581 Å². The average molecular weight is 2040 g/mol. The van der Waals surface area contributed by atoms with Crippen LogP contribution in [0, 0.1) is 0 Å². The van der Waals surface area contributed by atoms with Gasteiger partial charge in [-0.3, -0.25) is 28.8 Å². The number of ether oxygens (including phenoxy) is 6. The van der Waals surface area contributed by atoms with E-state index in [1.165, 1.54) is 424 Å². The maximum atomic E-state index is 14.6. The molecule has 0 spiro atoms. The van der Waals surface area contributed by atoms with Gasteiger partial charge in [-0.2, -0.15) is 0 Å². The third-order valence-electron chi connectivity index (χ3n) is 32.5. The summed E-state index contributed by atoms with van der Waals surface area (Å²) < 4.78 is 39.3. The molecule has 0 unspecified atom stereocenters. The lowest BCUT2D eigenvalue weighted by Crippen LogP contribution is -2.12. The van der Waals surface area contributed by atoms with Gasteiger partial charge in [0.1, 0.15) is 0 Å². The molecule has 0 aromatic heterocycles. The molecule has 0 heterocycles. The Bertz CT molecular complexity index is 3660. The summed E-state index contributed by atoms with van der Waals surface area (Å²) >= 11 is 0. The van der Waals surface area contributed by atoms with Gasteiger partial charge >= 0.3 is 35.8 Å². The molecule has 0 bridgehead atoms. The van der Waals surface area contributed by atoms with E-state index < -0.39 is 0 Å². The quantitative estimate of drug-likeness (QED) is 0.0202. The predicted octanol–water partition coefficient (Wildman–Crippen LogP) is 43.4. The van der Waals surface area contributed by atoms with Crippen molar-refractivity contribution in [2.24, 2.45) is 0 Å². The highest BCUT2D eigenvalue weighted by Crippen LogP contribution is 2.60. The smallest absolute Gasteiger partial charge is 0.311 e. The number of fused-ring (bicyclic) bond motifs is 12. The first-order valence-electron chi connectivity index (χ1n) is 64.4. The van der Waals surface area contributed by atoms with E-state index in [4.69, 9.17) is 28.4 Å². The average Bonchev–Trinajstić information content (AvgIpc) is 1.53. The minimum Gasteiger partial charge on any atom is -0.423 e. The molecular formula is C135H222O12. The van der Waals surface area contributed by atoms with Gasteiger partial charge in [-0.15, -0.1) is 0 Å². The molecule has 7 rings (SSSR count). The number of hydrogen-bond donors (Lipinski definition) is 0. The fraction of sp³-hybridized carbons (Fsp3) is 0.778. The van der Waals surface area contributed by atoms with Crippen LogP contribution in [0.15, 0.2) is 36.4 Å². The molecule has 3 aliphatic rings. The molecule has 4 aromatic rings. The summed E-state index contributed by atoms with van der Waals surface area (Å²) in [5, 5.41) is 0. The molecule has 0 amide bonds. The monoisotopic (exact) mass is 2040 g/mol. The van der Waals surface area contributed by atoms with Gasteiger partial charge in [0.05, 0.1) is 0 Å². The SMILES string of the molecule is CCCCCCCCCCCCCCCCCC(=O)Oc1cc2c(cc1OC(=O)CCCCCCCCCCCCCCCCC)-c1c(c3c(c4c1Cc1cc(OC(=O)CCCCCCCCCCCCCCCCC)c(OC(=O)CCCCCCCCCCCCCCCCC)cc1-4)Cc1cc(OC(=O)CCCCCCCCCCCCCCCCC)c(OC(=O)CCCCCCCCCCCCCCCCC)cc1-3)C2. The van der Waals surface area contributed by atoms with Crippen LogP contribution in [0.1, 0.15) is 691 Å². The first kappa shape index (κ1) is 128. The summed E-state index contributed by atoms with van der Waals surface area (Å²) in [6.07, 6.45) is 113. The zero-order valence-corrected chi connectivity index (χ0v) is 96.4. The number of esters is 6. The lowest BCUT2D eigenvalue weighted by atomic mass is 9.86. The molecule has 4 aromatic carbocycles. The van der Waals surface area contributed by atoms with Crippen LogP contribution in [-0.2, 0) is 48.0 Å². The van der Waals surface area contributed by atoms with E-state index in [1.807, 2.05) is 36.4 Å². The van der Waals surface area contributed by atoms with Crippen molar-refractivity contribution in [1.29, 1.82) is 0 Å². The number of unbranched alkanes of at least 4 members (excludes halogenated alkanes) is 84. The fourth-order valence-electron chi connectivity index (χ4n) is 23.3. The zero-order valence-electron chi connectivity index (χ0n) is 96.4. The molecule has 0 atom stereocenters. The third-order valence-corrected chi connectivity index (χ3v) is 32.5. The van der Waals surface area contributed by atoms with Crippen molar-refractivity contribution in [1.82, 2.24) is 0 Å². The Morgan fingerprint density at radius 2 is 0.252 bits per heavy atom. The minimum absolute atomic E-state index is 0.216. The molecular weight excluding hydrogens is 1810 g/mol. The van der Waals surface area contributed by atoms with Crippen molar-refractivity contribution in [3.8, 4) is 67.9 Å². The van der Waals surface area contributed by atoms with Gasteiger partial charge in [-0.05, 0) is 161 Å². The number of carbonyl (C=O) groups excluding carboxylic acids is 6. The summed E-state index contributed by atoms with van der Waals surface area (Å²) in [5.41, 5.74) is 11.4. The molecule has 0 aliphatic heterocycles. The second-order valence-electron chi connectivity index (χ2n) is 46.0. The standard InChI is InChI=1S/C135H222O12/c1-7-13-19-25-31-37-43-49-55-61-67-73-79-85-91-97-127(136)142-121-106-112-103-118-133(115(112)109-124(121)145-130(139)100-94-88-82-76-70-64-58-52-46-40-34-28-22-16-10-4)119-104-113-107-122(143-128(137)98-92-86-80-74-68-62-56-50-44-38-32-26-20-14-8-2)126(147-132(141)102-96-90-84-78-72-66-60-54-48-42-36-30-24-18-12-6)111-117(113)135(119)120-105-114-108-123(144-129(138)99-93-87-81-75-69-63-57-51-45-39-33-27-21-15-9-3)125(110-116(114)134(118)120)146-131(140)101-95-89-83-77-71-65-59-53-47-41-35-29-23-17-11-5/h106-111H,7-105H2,1-6H3. The maximum absolute atomic E-state index is 14.6. The van der Waals surface area contributed by atoms with Crippen LogP contribution < -0.4 is 28.4 Å². The van der Waals surface area contributed by atoms with Crippen LogP contribution in [0.2, 0.25) is 0 Å². The summed E-state index contributed by atoms with van der Waals surface area (Å²) in [6, 6.07) is 11.7. The minimum atomic E-state index is -0.362. The third kappa shape index (κ3) is 56.9. The van der Waals surface area contributed by atoms with Gasteiger partial charge in [-0.25, -0.2) is 0 Å². The van der Waals surface area contributed by atoms with Crippen LogP contribution in [0.3, 0.4) is 0 Å². The van der Waals surface area contributed by atoms with Crippen LogP contribution in [0.4, 0.5) is 0 Å². The lowest BCUT2D eigenvalue weighted by molar-refractivity contribution is -0.137. The number of carbonyl (C=O) groups is 6. The Kier molecular flexibility index (Phi) is 74.7. The van der Waals surface area contributed by atoms with E-state index in [1.54, 1.807) is 0 Å². The van der Waals surface area contributed by atoms with Crippen molar-refractivity contribution < 1.29 is 57.2 Å². The van der Waals surface area contributed by atoms with Gasteiger partial charge in [0.2, 0.25) is 0 Å². The van der Waals surface area contributed by atoms with E-state index in [0.29, 0.717) is 57.8 Å². The van der Waals surface area contributed by atoms with Gasteiger partial charge < -0.3 is 28.4 Å². The molecule has 12 nitrogen and oxygen atoms in total. The van der Waals surface area contributed by atoms with Crippen molar-refractivity contribution in [2.45, 2.75) is 677 Å². The predicted molar refractivity (Wildman–Crippen MR) is 622 cm³/mol. The first-order chi connectivity index (χ1) is 72.4. The zero-order chi connectivity index (χ0) is 104. The highest BCUT2D eigenvalue weighted by atomic mass is 16.6. The van der Waals surface area contributed by atoms with Crippen molar-refractivity contribution in [3.05, 3.63) is 69.8 Å². The topological polar surface area (TPSA) is 158 Å². The van der Waals surface area contributed by atoms with Crippen LogP contribution in [0.5, 0.6) is 34.5 Å². The van der Waals surface area contributed by atoms with Crippen molar-refractivity contribution >= 4 is 35.8 Å². The Hall–Kier alpha value is -6.30. The van der Waals surface area contributed by atoms with E-state index in [-0.39, 0.29) is 109 Å². The van der Waals surface area contributed by atoms with Crippen molar-refractivity contribution in [2.75, 3.05) is 0 Å². The normalized spacial score (nSPS) is 12.1. The second-order valence-corrected chi connectivity index (χ2v) is 46.0. The lowest BCUT2D eigenvalue weighted by Gasteiger charge is -2.18. The molecule has 0 saturated carbocycles. The summed E-state index contributed by atoms with van der Waals surface area (Å²) in [7, 11) is 0. The van der Waals surface area contributed by atoms with E-state index in [9.17, 15) is 28.8 Å². The van der Waals surface area contributed by atoms with Crippen LogP contribution in [-0.4, -0.2) is 35.8 Å². The summed E-state index contributed by atoms with van der Waals surface area (Å²) in [6.45, 7) is 13.7. The molecule has 0 fully saturated rings. The molecule has 0 saturated heterocycles. The molecule has 12 heteroatoms. The molecule has 834 valence electrons. The van der Waals surface area contributed by atoms with Crippen molar-refractivity contribution in [3.63, 3.8) is 0 Å². The Balaban J connectivity index is 1.21. The van der Waals surface area contributed by atoms with Crippen LogP contribution in [0.25, 0.3) is 33.4 Å². The van der Waals surface area contributed by atoms with Gasteiger partial charge in [0.15, 0.2) is 34.5 Å². The molecule has 3 aliphatic carbocycles. The van der Waals surface area contributed by atoms with Gasteiger partial charge in [0.25, 0.3) is 0 Å². The van der Waals surface area contributed by atoms with E-state index in [2.05, 4.69) is 41.5 Å². The number of benzene rings is 4. The Morgan fingerprint density at radius 1 is 0.150 bits per heavy atom.